The molecule has 1 heterocycles. The molecule has 0 fully saturated rings. The molecule has 0 amide bonds. The summed E-state index contributed by atoms with van der Waals surface area (Å²) in [6.07, 6.45) is 1.10. The summed E-state index contributed by atoms with van der Waals surface area (Å²) in [5.41, 5.74) is -0.440. The van der Waals surface area contributed by atoms with Crippen LogP contribution in [0.2, 0.25) is 0 Å². The highest BCUT2D eigenvalue weighted by Crippen LogP contribution is 2.21. The van der Waals surface area contributed by atoms with Gasteiger partial charge in [-0.25, -0.2) is 4.39 Å². The smallest absolute Gasteiger partial charge is 0.291 e. The van der Waals surface area contributed by atoms with Gasteiger partial charge in [0, 0.05) is 5.39 Å². The Balaban J connectivity index is 2.93. The maximum absolute atomic E-state index is 12.9. The van der Waals surface area contributed by atoms with Crippen molar-refractivity contribution in [3.63, 3.8) is 0 Å². The van der Waals surface area contributed by atoms with E-state index >= 15 is 0 Å². The van der Waals surface area contributed by atoms with Crippen LogP contribution in [0.25, 0.3) is 10.8 Å². The van der Waals surface area contributed by atoms with E-state index in [1.807, 2.05) is 0 Å². The predicted octanol–water partition coefficient (Wildman–Crippen LogP) is 0.905. The van der Waals surface area contributed by atoms with Crippen LogP contribution < -0.4 is 10.4 Å². The molecule has 1 N–H and O–H groups in total. The monoisotopic (exact) mass is 209 g/mol. The van der Waals surface area contributed by atoms with Gasteiger partial charge in [0.1, 0.15) is 18.7 Å². The number of hydrogen-bond donors (Lipinski definition) is 1. The molecule has 0 saturated heterocycles. The van der Waals surface area contributed by atoms with Crippen molar-refractivity contribution in [2.75, 3.05) is 7.11 Å². The summed E-state index contributed by atoms with van der Waals surface area (Å²) >= 11 is 0. The second kappa shape index (κ2) is 3.27. The third kappa shape index (κ3) is 1.41. The van der Waals surface area contributed by atoms with Gasteiger partial charge < -0.3 is 9.94 Å². The zero-order valence-electron chi connectivity index (χ0n) is 7.90. The minimum absolute atomic E-state index is 0.174. The molecule has 0 unspecified atom stereocenters. The number of aromatic nitrogens is 1. The largest absolute Gasteiger partial charge is 0.506 e. The van der Waals surface area contributed by atoms with E-state index < -0.39 is 11.4 Å². The number of pyridine rings is 1. The molecule has 78 valence electrons. The average molecular weight is 209 g/mol. The van der Waals surface area contributed by atoms with Crippen molar-refractivity contribution in [3.05, 3.63) is 40.6 Å². The molecule has 1 aromatic carbocycles. The molecule has 0 atom stereocenters. The lowest BCUT2D eigenvalue weighted by Crippen LogP contribution is -2.24. The second-order valence-corrected chi connectivity index (χ2v) is 3.02. The molecular weight excluding hydrogens is 201 g/mol. The first kappa shape index (κ1) is 9.51. The highest BCUT2D eigenvalue weighted by Gasteiger charge is 2.08. The van der Waals surface area contributed by atoms with E-state index in [9.17, 15) is 14.3 Å². The van der Waals surface area contributed by atoms with Gasteiger partial charge in [-0.05, 0) is 18.2 Å². The van der Waals surface area contributed by atoms with Gasteiger partial charge in [-0.1, -0.05) is 0 Å². The fraction of sp³-hybridized carbons (Fsp3) is 0.100. The Hall–Kier alpha value is -2.04. The van der Waals surface area contributed by atoms with Gasteiger partial charge in [0.15, 0.2) is 0 Å². The van der Waals surface area contributed by atoms with Crippen LogP contribution in [-0.2, 0) is 0 Å². The van der Waals surface area contributed by atoms with Crippen molar-refractivity contribution in [2.24, 2.45) is 0 Å². The summed E-state index contributed by atoms with van der Waals surface area (Å²) in [6, 6.07) is 3.57. The molecule has 4 nitrogen and oxygen atoms in total. The Morgan fingerprint density at radius 3 is 2.80 bits per heavy atom. The van der Waals surface area contributed by atoms with Crippen molar-refractivity contribution in [1.29, 1.82) is 0 Å². The van der Waals surface area contributed by atoms with Crippen molar-refractivity contribution < 1.29 is 14.3 Å². The van der Waals surface area contributed by atoms with Crippen LogP contribution in [0.4, 0.5) is 4.39 Å². The lowest BCUT2D eigenvalue weighted by molar-refractivity contribution is 0.156. The summed E-state index contributed by atoms with van der Waals surface area (Å²) in [7, 11) is 1.30. The molecule has 0 saturated carbocycles. The Bertz CT molecular complexity index is 577. The van der Waals surface area contributed by atoms with Crippen LogP contribution in [0.3, 0.4) is 0 Å². The molecule has 0 aliphatic carbocycles. The standard InChI is InChI=1S/C10H8FNO3/c1-15-12-5-9(13)8-4-6(11)2-3-7(8)10(12)14/h2-5,13H,1H3. The summed E-state index contributed by atoms with van der Waals surface area (Å²) in [5, 5.41) is 9.91. The summed E-state index contributed by atoms with van der Waals surface area (Å²) in [5.74, 6) is -0.710. The van der Waals surface area contributed by atoms with Crippen LogP contribution in [0.1, 0.15) is 0 Å². The normalized spacial score (nSPS) is 10.5. The van der Waals surface area contributed by atoms with Gasteiger partial charge in [-0.15, -0.1) is 4.73 Å². The van der Waals surface area contributed by atoms with E-state index in [0.717, 1.165) is 23.1 Å². The minimum Gasteiger partial charge on any atom is -0.506 e. The summed E-state index contributed by atoms with van der Waals surface area (Å²) in [6.45, 7) is 0. The maximum atomic E-state index is 12.9. The molecule has 2 rings (SSSR count). The highest BCUT2D eigenvalue weighted by molar-refractivity contribution is 5.86. The first-order valence-electron chi connectivity index (χ1n) is 4.22. The first-order chi connectivity index (χ1) is 7.13. The Labute approximate surface area is 84.1 Å². The number of hydrogen-bond acceptors (Lipinski definition) is 3. The second-order valence-electron chi connectivity index (χ2n) is 3.02. The molecule has 5 heteroatoms. The number of benzene rings is 1. The van der Waals surface area contributed by atoms with E-state index in [-0.39, 0.29) is 16.5 Å². The van der Waals surface area contributed by atoms with Crippen molar-refractivity contribution in [1.82, 2.24) is 4.73 Å². The van der Waals surface area contributed by atoms with Crippen LogP contribution >= 0.6 is 0 Å². The molecular formula is C10H8FNO3. The number of nitrogens with zero attached hydrogens (tertiary/aromatic N) is 1. The minimum atomic E-state index is -0.507. The van der Waals surface area contributed by atoms with Crippen LogP contribution in [0.15, 0.2) is 29.2 Å². The van der Waals surface area contributed by atoms with Crippen molar-refractivity contribution in [3.8, 4) is 5.75 Å². The third-order valence-electron chi connectivity index (χ3n) is 2.12. The van der Waals surface area contributed by atoms with Gasteiger partial charge in [0.25, 0.3) is 5.56 Å². The lowest BCUT2D eigenvalue weighted by Gasteiger charge is -2.06. The molecule has 0 aliphatic rings. The zero-order chi connectivity index (χ0) is 11.0. The quantitative estimate of drug-likeness (QED) is 0.759. The fourth-order valence-corrected chi connectivity index (χ4v) is 1.41. The van der Waals surface area contributed by atoms with Crippen LogP contribution in [0.5, 0.6) is 5.75 Å². The van der Waals surface area contributed by atoms with Gasteiger partial charge in [0.05, 0.1) is 11.6 Å². The summed E-state index contributed by atoms with van der Waals surface area (Å²) < 4.78 is 13.8. The van der Waals surface area contributed by atoms with Crippen molar-refractivity contribution >= 4 is 10.8 Å². The number of aromatic hydroxyl groups is 1. The number of rotatable bonds is 1. The van der Waals surface area contributed by atoms with E-state index in [1.54, 1.807) is 0 Å². The highest BCUT2D eigenvalue weighted by atomic mass is 19.1. The van der Waals surface area contributed by atoms with Gasteiger partial charge >= 0.3 is 0 Å². The van der Waals surface area contributed by atoms with E-state index in [1.165, 1.54) is 13.2 Å². The molecule has 0 bridgehead atoms. The Morgan fingerprint density at radius 2 is 2.13 bits per heavy atom. The first-order valence-corrected chi connectivity index (χ1v) is 4.22. The van der Waals surface area contributed by atoms with Crippen molar-refractivity contribution in [2.45, 2.75) is 0 Å². The summed E-state index contributed by atoms with van der Waals surface area (Å²) in [4.78, 5) is 16.3. The molecule has 2 aromatic rings. The van der Waals surface area contributed by atoms with Gasteiger partial charge in [-0.3, -0.25) is 4.79 Å². The van der Waals surface area contributed by atoms with Crippen LogP contribution in [0, 0.1) is 5.82 Å². The van der Waals surface area contributed by atoms with Crippen LogP contribution in [-0.4, -0.2) is 16.9 Å². The Kier molecular flexibility index (Phi) is 2.07. The SMILES string of the molecule is COn1cc(O)c2cc(F)ccc2c1=O. The van der Waals surface area contributed by atoms with E-state index in [2.05, 4.69) is 0 Å². The fourth-order valence-electron chi connectivity index (χ4n) is 1.41. The topological polar surface area (TPSA) is 51.5 Å². The zero-order valence-corrected chi connectivity index (χ0v) is 7.90. The third-order valence-corrected chi connectivity index (χ3v) is 2.12. The average Bonchev–Trinajstić information content (AvgIpc) is 2.23. The molecule has 0 aliphatic heterocycles. The van der Waals surface area contributed by atoms with E-state index in [4.69, 9.17) is 4.84 Å². The molecule has 0 spiro atoms. The number of fused-ring (bicyclic) bond motifs is 1. The lowest BCUT2D eigenvalue weighted by atomic mass is 10.1. The molecule has 0 radical (unpaired) electrons. The van der Waals surface area contributed by atoms with E-state index in [0.29, 0.717) is 0 Å². The molecule has 1 aromatic heterocycles. The maximum Gasteiger partial charge on any atom is 0.291 e. The molecule has 15 heavy (non-hydrogen) atoms. The predicted molar refractivity (Wildman–Crippen MR) is 52.3 cm³/mol. The number of halogens is 1. The Morgan fingerprint density at radius 1 is 1.40 bits per heavy atom. The van der Waals surface area contributed by atoms with Gasteiger partial charge in [0.2, 0.25) is 0 Å². The van der Waals surface area contributed by atoms with Gasteiger partial charge in [-0.2, -0.15) is 0 Å².